The molecule has 5 heteroatoms. The molecule has 2 nitrogen and oxygen atoms in total. The molecule has 1 aromatic rings. The fraction of sp³-hybridized carbons (Fsp3) is 0.571. The summed E-state index contributed by atoms with van der Waals surface area (Å²) in [6, 6.07) is 4.21. The van der Waals surface area contributed by atoms with Crippen LogP contribution < -0.4 is 0 Å². The first-order chi connectivity index (χ1) is 8.97. The quantitative estimate of drug-likeness (QED) is 0.719. The van der Waals surface area contributed by atoms with Crippen molar-refractivity contribution in [3.8, 4) is 0 Å². The molecule has 3 rings (SSSR count). The maximum atomic E-state index is 12.7. The van der Waals surface area contributed by atoms with Gasteiger partial charge in [-0.15, -0.1) is 0 Å². The van der Waals surface area contributed by atoms with E-state index in [1.54, 1.807) is 6.07 Å². The minimum Gasteiger partial charge on any atom is -0.375 e. The molecule has 0 saturated carbocycles. The smallest absolute Gasteiger partial charge is 0.375 e. The summed E-state index contributed by atoms with van der Waals surface area (Å²) in [4.78, 5) is 2.18. The van der Waals surface area contributed by atoms with Crippen LogP contribution in [0.4, 0.5) is 13.2 Å². The molecule has 0 bridgehead atoms. The highest BCUT2D eigenvalue weighted by Crippen LogP contribution is 2.40. The monoisotopic (exact) mass is 271 g/mol. The van der Waals surface area contributed by atoms with Crippen LogP contribution in [0.1, 0.15) is 29.2 Å². The first-order valence-electron chi connectivity index (χ1n) is 6.48. The molecule has 0 aromatic heterocycles. The number of benzene rings is 1. The third-order valence-electron chi connectivity index (χ3n) is 4.09. The zero-order valence-electron chi connectivity index (χ0n) is 10.7. The van der Waals surface area contributed by atoms with E-state index in [9.17, 15) is 13.2 Å². The molecule has 0 spiro atoms. The van der Waals surface area contributed by atoms with Gasteiger partial charge in [-0.1, -0.05) is 6.07 Å². The van der Waals surface area contributed by atoms with Crippen LogP contribution in [0.3, 0.4) is 0 Å². The number of rotatable bonds is 0. The normalized spacial score (nSPS) is 27.8. The summed E-state index contributed by atoms with van der Waals surface area (Å²) in [5.41, 5.74) is 1.25. The molecule has 19 heavy (non-hydrogen) atoms. The van der Waals surface area contributed by atoms with Crippen LogP contribution in [0, 0.1) is 0 Å². The van der Waals surface area contributed by atoms with Crippen molar-refractivity contribution in [1.29, 1.82) is 0 Å². The summed E-state index contributed by atoms with van der Waals surface area (Å²) in [7, 11) is 2.01. The average molecular weight is 271 g/mol. The second kappa shape index (κ2) is 4.49. The van der Waals surface area contributed by atoms with Gasteiger partial charge in [-0.2, -0.15) is 13.2 Å². The van der Waals surface area contributed by atoms with Crippen molar-refractivity contribution in [3.05, 3.63) is 34.9 Å². The van der Waals surface area contributed by atoms with Crippen LogP contribution >= 0.6 is 0 Å². The van der Waals surface area contributed by atoms with Crippen LogP contribution in [-0.4, -0.2) is 31.2 Å². The Morgan fingerprint density at radius 3 is 2.84 bits per heavy atom. The molecule has 0 unspecified atom stereocenters. The number of likely N-dealkylation sites (N-methyl/N-ethyl adjacent to an activating group) is 1. The topological polar surface area (TPSA) is 12.5 Å². The van der Waals surface area contributed by atoms with Crippen LogP contribution in [0.2, 0.25) is 0 Å². The van der Waals surface area contributed by atoms with E-state index in [1.165, 1.54) is 12.1 Å². The molecule has 0 amide bonds. The van der Waals surface area contributed by atoms with Gasteiger partial charge in [0.15, 0.2) is 0 Å². The number of alkyl halides is 3. The van der Waals surface area contributed by atoms with Crippen molar-refractivity contribution in [1.82, 2.24) is 4.90 Å². The highest BCUT2D eigenvalue weighted by atomic mass is 19.4. The first kappa shape index (κ1) is 12.9. The Morgan fingerprint density at radius 1 is 1.32 bits per heavy atom. The Hall–Kier alpha value is -1.07. The molecule has 1 fully saturated rings. The highest BCUT2D eigenvalue weighted by molar-refractivity contribution is 5.38. The third kappa shape index (κ3) is 2.25. The SMILES string of the molecule is CN1CCO[C@@H]2CCc3cc(C(F)(F)F)ccc3[C@@H]21. The zero-order valence-corrected chi connectivity index (χ0v) is 10.7. The summed E-state index contributed by atoms with van der Waals surface area (Å²) in [5, 5.41) is 0. The maximum Gasteiger partial charge on any atom is 0.416 e. The van der Waals surface area contributed by atoms with Crippen molar-refractivity contribution in [3.63, 3.8) is 0 Å². The molecule has 1 aliphatic carbocycles. The zero-order chi connectivity index (χ0) is 13.6. The number of ether oxygens (including phenoxy) is 1. The Kier molecular flexibility index (Phi) is 3.06. The minimum atomic E-state index is -4.26. The van der Waals surface area contributed by atoms with Crippen LogP contribution in [0.25, 0.3) is 0 Å². The van der Waals surface area contributed by atoms with Crippen molar-refractivity contribution in [2.24, 2.45) is 0 Å². The second-order valence-electron chi connectivity index (χ2n) is 5.28. The maximum absolute atomic E-state index is 12.7. The number of hydrogen-bond donors (Lipinski definition) is 0. The number of hydrogen-bond acceptors (Lipinski definition) is 2. The van der Waals surface area contributed by atoms with E-state index in [-0.39, 0.29) is 12.1 Å². The van der Waals surface area contributed by atoms with Crippen LogP contribution in [0.15, 0.2) is 18.2 Å². The Labute approximate surface area is 110 Å². The molecule has 2 atom stereocenters. The van der Waals surface area contributed by atoms with E-state index in [0.717, 1.165) is 24.1 Å². The largest absolute Gasteiger partial charge is 0.416 e. The third-order valence-corrected chi connectivity index (χ3v) is 4.09. The van der Waals surface area contributed by atoms with Gasteiger partial charge in [0.25, 0.3) is 0 Å². The van der Waals surface area contributed by atoms with Gasteiger partial charge in [-0.25, -0.2) is 0 Å². The minimum absolute atomic E-state index is 0.0970. The summed E-state index contributed by atoms with van der Waals surface area (Å²) in [6.45, 7) is 1.52. The molecule has 2 aliphatic rings. The van der Waals surface area contributed by atoms with Gasteiger partial charge in [0, 0.05) is 6.54 Å². The molecule has 1 aromatic carbocycles. The number of fused-ring (bicyclic) bond motifs is 3. The Balaban J connectivity index is 1.99. The van der Waals surface area contributed by atoms with Crippen molar-refractivity contribution in [2.45, 2.75) is 31.2 Å². The fourth-order valence-corrected chi connectivity index (χ4v) is 3.13. The number of nitrogens with zero attached hydrogens (tertiary/aromatic N) is 1. The highest BCUT2D eigenvalue weighted by Gasteiger charge is 2.38. The standard InChI is InChI=1S/C14H16F3NO/c1-18-6-7-19-12-5-2-9-8-10(14(15,16)17)3-4-11(9)13(12)18/h3-4,8,12-13H,2,5-7H2,1H3/t12-,13+/m1/s1. The number of aryl methyl sites for hydroxylation is 1. The number of morpholine rings is 1. The predicted molar refractivity (Wildman–Crippen MR) is 64.9 cm³/mol. The van der Waals surface area contributed by atoms with Gasteiger partial charge >= 0.3 is 6.18 Å². The average Bonchev–Trinajstić information content (AvgIpc) is 2.37. The lowest BCUT2D eigenvalue weighted by Crippen LogP contribution is -2.45. The second-order valence-corrected chi connectivity index (χ2v) is 5.28. The lowest BCUT2D eigenvalue weighted by atomic mass is 9.83. The summed E-state index contributed by atoms with van der Waals surface area (Å²) in [6.07, 6.45) is -2.69. The molecule has 1 saturated heterocycles. The van der Waals surface area contributed by atoms with E-state index >= 15 is 0 Å². The molecule has 104 valence electrons. The van der Waals surface area contributed by atoms with Gasteiger partial charge in [0.1, 0.15) is 0 Å². The molecule has 1 heterocycles. The molecular formula is C14H16F3NO. The summed E-state index contributed by atoms with van der Waals surface area (Å²) < 4.78 is 43.9. The van der Waals surface area contributed by atoms with Gasteiger partial charge in [0.05, 0.1) is 24.3 Å². The van der Waals surface area contributed by atoms with Gasteiger partial charge < -0.3 is 4.74 Å². The van der Waals surface area contributed by atoms with Crippen LogP contribution in [0.5, 0.6) is 0 Å². The Bertz CT molecular complexity index is 486. The molecule has 0 radical (unpaired) electrons. The van der Waals surface area contributed by atoms with Gasteiger partial charge in [-0.3, -0.25) is 4.90 Å². The van der Waals surface area contributed by atoms with Crippen LogP contribution in [-0.2, 0) is 17.3 Å². The van der Waals surface area contributed by atoms with Crippen molar-refractivity contribution in [2.75, 3.05) is 20.2 Å². The van der Waals surface area contributed by atoms with Crippen molar-refractivity contribution >= 4 is 0 Å². The lowest BCUT2D eigenvalue weighted by Gasteiger charge is -2.43. The summed E-state index contributed by atoms with van der Waals surface area (Å²) >= 11 is 0. The molecule has 0 N–H and O–H groups in total. The summed E-state index contributed by atoms with van der Waals surface area (Å²) in [5.74, 6) is 0. The van der Waals surface area contributed by atoms with E-state index in [1.807, 2.05) is 7.05 Å². The lowest BCUT2D eigenvalue weighted by molar-refractivity contribution is -0.137. The predicted octanol–water partition coefficient (Wildman–Crippen LogP) is 3.02. The van der Waals surface area contributed by atoms with E-state index < -0.39 is 11.7 Å². The molecule has 1 aliphatic heterocycles. The van der Waals surface area contributed by atoms with Gasteiger partial charge in [0.2, 0.25) is 0 Å². The Morgan fingerprint density at radius 2 is 2.11 bits per heavy atom. The van der Waals surface area contributed by atoms with Crippen molar-refractivity contribution < 1.29 is 17.9 Å². The number of halogens is 3. The van der Waals surface area contributed by atoms with E-state index in [0.29, 0.717) is 13.0 Å². The van der Waals surface area contributed by atoms with Gasteiger partial charge in [-0.05, 0) is 43.1 Å². The van der Waals surface area contributed by atoms with E-state index in [2.05, 4.69) is 4.90 Å². The fourth-order valence-electron chi connectivity index (χ4n) is 3.13. The first-order valence-corrected chi connectivity index (χ1v) is 6.48. The van der Waals surface area contributed by atoms with E-state index in [4.69, 9.17) is 4.74 Å². The molecular weight excluding hydrogens is 255 g/mol.